The molecule has 98 valence electrons. The van der Waals surface area contributed by atoms with Gasteiger partial charge in [-0.1, -0.05) is 11.8 Å². The van der Waals surface area contributed by atoms with Gasteiger partial charge in [0.05, 0.1) is 12.8 Å². The number of benzene rings is 1. The van der Waals surface area contributed by atoms with Crippen molar-refractivity contribution < 1.29 is 14.4 Å². The minimum Gasteiger partial charge on any atom is -0.369 e. The molecule has 1 aromatic rings. The van der Waals surface area contributed by atoms with Crippen molar-refractivity contribution in [3.8, 4) is 11.8 Å². The normalized spacial score (nSPS) is 9.11. The molecule has 0 heterocycles. The largest absolute Gasteiger partial charge is 0.369 e. The molecule has 5 nitrogen and oxygen atoms in total. The number of rotatable bonds is 4. The summed E-state index contributed by atoms with van der Waals surface area (Å²) >= 11 is 0. The summed E-state index contributed by atoms with van der Waals surface area (Å²) in [5, 5.41) is 2.59. The molecule has 0 atom stereocenters. The van der Waals surface area contributed by atoms with Crippen LogP contribution in [0.5, 0.6) is 0 Å². The third kappa shape index (κ3) is 6.03. The number of Topliss-reactive ketones (excluding diaryl/α,β-unsaturated/α-hetero) is 1. The number of primary amides is 1. The maximum atomic E-state index is 11.3. The molecule has 1 aromatic carbocycles. The smallest absolute Gasteiger partial charge is 0.231 e. The summed E-state index contributed by atoms with van der Waals surface area (Å²) in [4.78, 5) is 32.6. The van der Waals surface area contributed by atoms with Crippen LogP contribution in [-0.4, -0.2) is 17.6 Å². The van der Waals surface area contributed by atoms with Crippen molar-refractivity contribution in [3.05, 3.63) is 29.8 Å². The lowest BCUT2D eigenvalue weighted by molar-refractivity contribution is -0.124. The second-order valence-electron chi connectivity index (χ2n) is 3.95. The maximum Gasteiger partial charge on any atom is 0.231 e. The van der Waals surface area contributed by atoms with E-state index in [9.17, 15) is 14.4 Å². The number of anilines is 1. The van der Waals surface area contributed by atoms with E-state index >= 15 is 0 Å². The van der Waals surface area contributed by atoms with Crippen LogP contribution in [0.15, 0.2) is 24.3 Å². The predicted octanol–water partition coefficient (Wildman–Crippen LogP) is 0.831. The highest BCUT2D eigenvalue weighted by Gasteiger charge is 2.04. The summed E-state index contributed by atoms with van der Waals surface area (Å²) in [5.41, 5.74) is 6.26. The van der Waals surface area contributed by atoms with Gasteiger partial charge in [0.2, 0.25) is 11.8 Å². The number of carbonyl (C=O) groups is 3. The van der Waals surface area contributed by atoms with Crippen molar-refractivity contribution in [3.63, 3.8) is 0 Å². The highest BCUT2D eigenvalue weighted by Crippen LogP contribution is 2.09. The fourth-order valence-corrected chi connectivity index (χ4v) is 1.30. The Morgan fingerprint density at radius 1 is 1.21 bits per heavy atom. The zero-order valence-corrected chi connectivity index (χ0v) is 10.5. The Balaban J connectivity index is 2.60. The zero-order valence-electron chi connectivity index (χ0n) is 10.5. The number of hydrogen-bond donors (Lipinski definition) is 2. The van der Waals surface area contributed by atoms with E-state index in [0.717, 1.165) is 0 Å². The molecule has 0 radical (unpaired) electrons. The molecule has 5 heteroatoms. The van der Waals surface area contributed by atoms with Gasteiger partial charge in [-0.05, 0) is 31.2 Å². The van der Waals surface area contributed by atoms with Crippen LogP contribution in [0, 0.1) is 11.8 Å². The maximum absolute atomic E-state index is 11.3. The van der Waals surface area contributed by atoms with Crippen molar-refractivity contribution in [1.82, 2.24) is 0 Å². The predicted molar refractivity (Wildman–Crippen MR) is 71.1 cm³/mol. The van der Waals surface area contributed by atoms with E-state index in [1.807, 2.05) is 0 Å². The van der Waals surface area contributed by atoms with E-state index in [4.69, 9.17) is 5.73 Å². The summed E-state index contributed by atoms with van der Waals surface area (Å²) in [5.74, 6) is 4.39. The van der Waals surface area contributed by atoms with Gasteiger partial charge in [0, 0.05) is 11.3 Å². The third-order valence-electron chi connectivity index (χ3n) is 2.07. The first-order valence-electron chi connectivity index (χ1n) is 5.64. The monoisotopic (exact) mass is 258 g/mol. The summed E-state index contributed by atoms with van der Waals surface area (Å²) < 4.78 is 0. The topological polar surface area (TPSA) is 89.3 Å². The molecule has 0 aliphatic heterocycles. The van der Waals surface area contributed by atoms with Gasteiger partial charge >= 0.3 is 0 Å². The van der Waals surface area contributed by atoms with Gasteiger partial charge in [0.25, 0.3) is 0 Å². The molecule has 0 unspecified atom stereocenters. The van der Waals surface area contributed by atoms with Crippen LogP contribution in [0.25, 0.3) is 0 Å². The first kappa shape index (κ1) is 14.5. The second-order valence-corrected chi connectivity index (χ2v) is 3.95. The molecule has 0 saturated heterocycles. The van der Waals surface area contributed by atoms with E-state index in [2.05, 4.69) is 17.2 Å². The number of nitrogens with two attached hydrogens (primary N) is 1. The van der Waals surface area contributed by atoms with Gasteiger partial charge in [0.15, 0.2) is 0 Å². The summed E-state index contributed by atoms with van der Waals surface area (Å²) in [6, 6.07) is 6.76. The first-order chi connectivity index (χ1) is 8.97. The van der Waals surface area contributed by atoms with E-state index in [0.29, 0.717) is 11.3 Å². The lowest BCUT2D eigenvalue weighted by Crippen LogP contribution is -2.14. The van der Waals surface area contributed by atoms with Gasteiger partial charge in [-0.15, -0.1) is 0 Å². The zero-order chi connectivity index (χ0) is 14.3. The molecule has 0 aliphatic carbocycles. The Kier molecular flexibility index (Phi) is 5.30. The molecule has 3 N–H and O–H groups in total. The molecule has 0 aromatic heterocycles. The summed E-state index contributed by atoms with van der Waals surface area (Å²) in [6.07, 6.45) is -0.128. The van der Waals surface area contributed by atoms with Crippen molar-refractivity contribution in [1.29, 1.82) is 0 Å². The number of amides is 2. The van der Waals surface area contributed by atoms with Gasteiger partial charge in [-0.2, -0.15) is 0 Å². The highest BCUT2D eigenvalue weighted by atomic mass is 16.2. The Hall–Kier alpha value is -2.61. The standard InChI is InChI=1S/C14H14N2O3/c1-10(17)9-14(19)16-12-7-5-11(6-8-12)3-2-4-13(15)18/h5-8H,4,9H2,1H3,(H2,15,18)(H,16,19). The number of ketones is 1. The fourth-order valence-electron chi connectivity index (χ4n) is 1.30. The van der Waals surface area contributed by atoms with Crippen molar-refractivity contribution in [2.75, 3.05) is 5.32 Å². The summed E-state index contributed by atoms with van der Waals surface area (Å²) in [6.45, 7) is 1.36. The number of carbonyl (C=O) groups excluding carboxylic acids is 3. The molecule has 2 amide bonds. The van der Waals surface area contributed by atoms with Crippen LogP contribution in [0.1, 0.15) is 25.3 Å². The van der Waals surface area contributed by atoms with E-state index in [1.165, 1.54) is 6.92 Å². The van der Waals surface area contributed by atoms with Crippen molar-refractivity contribution in [2.24, 2.45) is 5.73 Å². The summed E-state index contributed by atoms with van der Waals surface area (Å²) in [7, 11) is 0. The van der Waals surface area contributed by atoms with Gasteiger partial charge in [-0.3, -0.25) is 14.4 Å². The van der Waals surface area contributed by atoms with Crippen LogP contribution in [0.3, 0.4) is 0 Å². The average molecular weight is 258 g/mol. The Morgan fingerprint density at radius 3 is 2.37 bits per heavy atom. The lowest BCUT2D eigenvalue weighted by Gasteiger charge is -2.03. The third-order valence-corrected chi connectivity index (χ3v) is 2.07. The minimum atomic E-state index is -0.472. The van der Waals surface area contributed by atoms with Gasteiger partial charge in [-0.25, -0.2) is 0 Å². The SMILES string of the molecule is CC(=O)CC(=O)Nc1ccc(C#CCC(N)=O)cc1. The molecule has 0 bridgehead atoms. The van der Waals surface area contributed by atoms with Crippen LogP contribution >= 0.6 is 0 Å². The molecule has 19 heavy (non-hydrogen) atoms. The molecule has 0 aliphatic rings. The lowest BCUT2D eigenvalue weighted by atomic mass is 10.2. The van der Waals surface area contributed by atoms with E-state index in [1.54, 1.807) is 24.3 Å². The molecule has 0 spiro atoms. The van der Waals surface area contributed by atoms with Gasteiger partial charge in [0.1, 0.15) is 5.78 Å². The minimum absolute atomic E-state index is 0.0110. The first-order valence-corrected chi connectivity index (χ1v) is 5.64. The van der Waals surface area contributed by atoms with E-state index in [-0.39, 0.29) is 24.5 Å². The molecular weight excluding hydrogens is 244 g/mol. The average Bonchev–Trinajstić information content (AvgIpc) is 2.29. The molecular formula is C14H14N2O3. The molecule has 0 saturated carbocycles. The second kappa shape index (κ2) is 6.97. The fraction of sp³-hybridized carbons (Fsp3) is 0.214. The van der Waals surface area contributed by atoms with Crippen molar-refractivity contribution in [2.45, 2.75) is 19.8 Å². The van der Waals surface area contributed by atoms with Crippen molar-refractivity contribution >= 4 is 23.3 Å². The Bertz CT molecular complexity index is 550. The Labute approximate surface area is 111 Å². The quantitative estimate of drug-likeness (QED) is 0.619. The van der Waals surface area contributed by atoms with Gasteiger partial charge < -0.3 is 11.1 Å². The highest BCUT2D eigenvalue weighted by molar-refractivity contribution is 6.03. The van der Waals surface area contributed by atoms with E-state index < -0.39 is 5.91 Å². The van der Waals surface area contributed by atoms with Crippen LogP contribution < -0.4 is 11.1 Å². The van der Waals surface area contributed by atoms with Crippen LogP contribution in [0.4, 0.5) is 5.69 Å². The number of hydrogen-bond acceptors (Lipinski definition) is 3. The van der Waals surface area contributed by atoms with Crippen LogP contribution in [0.2, 0.25) is 0 Å². The number of nitrogens with one attached hydrogen (secondary N) is 1. The van der Waals surface area contributed by atoms with Crippen LogP contribution in [-0.2, 0) is 14.4 Å². The molecule has 1 rings (SSSR count). The Morgan fingerprint density at radius 2 is 1.84 bits per heavy atom. The molecule has 0 fully saturated rings.